The van der Waals surface area contributed by atoms with Crippen LogP contribution in [0.1, 0.15) is 40.7 Å². The van der Waals surface area contributed by atoms with Gasteiger partial charge in [-0.2, -0.15) is 9.97 Å². The fraction of sp³-hybridized carbons (Fsp3) is 0.281. The van der Waals surface area contributed by atoms with E-state index in [0.717, 1.165) is 50.9 Å². The highest BCUT2D eigenvalue weighted by molar-refractivity contribution is 7.80. The van der Waals surface area contributed by atoms with E-state index < -0.39 is 0 Å². The van der Waals surface area contributed by atoms with Crippen LogP contribution in [0.2, 0.25) is 0 Å². The highest BCUT2D eigenvalue weighted by Crippen LogP contribution is 2.33. The zero-order valence-corrected chi connectivity index (χ0v) is 23.3. The van der Waals surface area contributed by atoms with Gasteiger partial charge in [0, 0.05) is 57.6 Å². The predicted molar refractivity (Wildman–Crippen MR) is 166 cm³/mol. The quantitative estimate of drug-likeness (QED) is 0.303. The van der Waals surface area contributed by atoms with Crippen molar-refractivity contribution in [1.29, 1.82) is 0 Å². The molecular weight excluding hydrogens is 514 g/mol. The molecule has 1 fully saturated rings. The van der Waals surface area contributed by atoms with Crippen molar-refractivity contribution in [3.05, 3.63) is 107 Å². The third-order valence-corrected chi connectivity index (χ3v) is 8.36. The largest absolute Gasteiger partial charge is 0.372 e. The van der Waals surface area contributed by atoms with Crippen molar-refractivity contribution >= 4 is 40.6 Å². The summed E-state index contributed by atoms with van der Waals surface area (Å²) in [6, 6.07) is 28.1. The van der Waals surface area contributed by atoms with E-state index in [1.807, 2.05) is 0 Å². The second-order valence-corrected chi connectivity index (χ2v) is 11.2. The fourth-order valence-corrected chi connectivity index (χ4v) is 6.08. The Morgan fingerprint density at radius 3 is 1.68 bits per heavy atom. The Morgan fingerprint density at radius 2 is 1.18 bits per heavy atom. The molecule has 0 atom stereocenters. The lowest BCUT2D eigenvalue weighted by Gasteiger charge is -2.22. The molecule has 0 radical (unpaired) electrons. The molecule has 0 saturated carbocycles. The minimum atomic E-state index is 0.515. The van der Waals surface area contributed by atoms with Crippen molar-refractivity contribution in [1.82, 2.24) is 15.3 Å². The SMILES string of the molecule is S=C(NCc1ccc(N2CCCC2)cc1)Nc1nc(N2Cc3ccccc3C2)cc(N2Cc3ccccc3C2)n1. The molecule has 0 spiro atoms. The number of fused-ring (bicyclic) bond motifs is 2. The summed E-state index contributed by atoms with van der Waals surface area (Å²) in [4.78, 5) is 16.9. The molecule has 40 heavy (non-hydrogen) atoms. The summed E-state index contributed by atoms with van der Waals surface area (Å²) in [6.45, 7) is 6.29. The summed E-state index contributed by atoms with van der Waals surface area (Å²) < 4.78 is 0. The van der Waals surface area contributed by atoms with Crippen LogP contribution in [0.15, 0.2) is 78.9 Å². The first-order valence-corrected chi connectivity index (χ1v) is 14.5. The van der Waals surface area contributed by atoms with Gasteiger partial charge in [-0.05, 0) is 65.0 Å². The molecule has 2 N–H and O–H groups in total. The second kappa shape index (κ2) is 10.8. The van der Waals surface area contributed by atoms with Crippen molar-refractivity contribution in [2.75, 3.05) is 33.1 Å². The average Bonchev–Trinajstić information content (AvgIpc) is 3.76. The van der Waals surface area contributed by atoms with Gasteiger partial charge in [0.15, 0.2) is 5.11 Å². The monoisotopic (exact) mass is 547 g/mol. The first-order valence-electron chi connectivity index (χ1n) is 14.1. The number of aromatic nitrogens is 2. The molecule has 0 amide bonds. The molecule has 8 heteroatoms. The maximum absolute atomic E-state index is 5.68. The van der Waals surface area contributed by atoms with Crippen LogP contribution in [0.25, 0.3) is 0 Å². The van der Waals surface area contributed by atoms with E-state index >= 15 is 0 Å². The van der Waals surface area contributed by atoms with Gasteiger partial charge in [-0.15, -0.1) is 0 Å². The summed E-state index contributed by atoms with van der Waals surface area (Å²) in [5.74, 6) is 2.32. The third kappa shape index (κ3) is 5.19. The van der Waals surface area contributed by atoms with Crippen LogP contribution in [0.3, 0.4) is 0 Å². The Morgan fingerprint density at radius 1 is 0.675 bits per heavy atom. The maximum Gasteiger partial charge on any atom is 0.232 e. The van der Waals surface area contributed by atoms with Crippen LogP contribution in [0, 0.1) is 0 Å². The first-order chi connectivity index (χ1) is 19.7. The zero-order chi connectivity index (χ0) is 26.9. The summed E-state index contributed by atoms with van der Waals surface area (Å²) in [7, 11) is 0. The number of thiocarbonyl (C=S) groups is 1. The van der Waals surface area contributed by atoms with Gasteiger partial charge >= 0.3 is 0 Å². The van der Waals surface area contributed by atoms with Crippen LogP contribution >= 0.6 is 12.2 Å². The first kappa shape index (κ1) is 24.8. The van der Waals surface area contributed by atoms with Crippen LogP contribution in [-0.4, -0.2) is 28.2 Å². The van der Waals surface area contributed by atoms with Crippen LogP contribution in [0.4, 0.5) is 23.3 Å². The standard InChI is InChI=1S/C32H33N7S/c40-32(33-18-23-11-13-28(14-12-23)37-15-5-6-16-37)36-31-34-29(38-19-24-7-1-2-8-25(24)20-38)17-30(35-31)39-21-26-9-3-4-10-27(26)22-39/h1-4,7-14,17H,5-6,15-16,18-22H2,(H2,33,34,35,36,40). The highest BCUT2D eigenvalue weighted by Gasteiger charge is 2.25. The van der Waals surface area contributed by atoms with Gasteiger partial charge in [-0.25, -0.2) is 0 Å². The maximum atomic E-state index is 5.68. The predicted octanol–water partition coefficient (Wildman–Crippen LogP) is 5.60. The zero-order valence-electron chi connectivity index (χ0n) is 22.5. The van der Waals surface area contributed by atoms with E-state index in [1.54, 1.807) is 0 Å². The molecule has 4 heterocycles. The van der Waals surface area contributed by atoms with Gasteiger partial charge in [-0.3, -0.25) is 0 Å². The number of rotatable bonds is 6. The Hall–Kier alpha value is -4.17. The normalized spacial score (nSPS) is 15.8. The van der Waals surface area contributed by atoms with Crippen LogP contribution < -0.4 is 25.3 Å². The number of hydrogen-bond donors (Lipinski definition) is 2. The molecule has 0 aliphatic carbocycles. The molecule has 0 bridgehead atoms. The lowest BCUT2D eigenvalue weighted by Crippen LogP contribution is -2.29. The number of anilines is 4. The van der Waals surface area contributed by atoms with Gasteiger partial charge in [0.25, 0.3) is 0 Å². The van der Waals surface area contributed by atoms with Crippen LogP contribution in [0.5, 0.6) is 0 Å². The topological polar surface area (TPSA) is 59.6 Å². The Labute approximate surface area is 240 Å². The van der Waals surface area contributed by atoms with E-state index in [0.29, 0.717) is 17.6 Å². The van der Waals surface area contributed by atoms with E-state index in [-0.39, 0.29) is 0 Å². The fourth-order valence-electron chi connectivity index (χ4n) is 5.92. The van der Waals surface area contributed by atoms with E-state index in [9.17, 15) is 0 Å². The smallest absolute Gasteiger partial charge is 0.232 e. The molecule has 1 saturated heterocycles. The Balaban J connectivity index is 1.07. The van der Waals surface area contributed by atoms with Crippen LogP contribution in [-0.2, 0) is 32.7 Å². The molecule has 0 unspecified atom stereocenters. The van der Waals surface area contributed by atoms with Crippen molar-refractivity contribution in [2.24, 2.45) is 0 Å². The number of nitrogens with zero attached hydrogens (tertiary/aromatic N) is 5. The third-order valence-electron chi connectivity index (χ3n) is 8.11. The number of benzene rings is 3. The minimum absolute atomic E-state index is 0.515. The molecule has 1 aromatic heterocycles. The molecule has 202 valence electrons. The van der Waals surface area contributed by atoms with Gasteiger partial charge in [0.2, 0.25) is 5.95 Å². The lowest BCUT2D eigenvalue weighted by molar-refractivity contribution is 0.827. The summed E-state index contributed by atoms with van der Waals surface area (Å²) in [6.07, 6.45) is 2.56. The lowest BCUT2D eigenvalue weighted by atomic mass is 10.1. The van der Waals surface area contributed by atoms with Gasteiger partial charge in [0.1, 0.15) is 11.6 Å². The summed E-state index contributed by atoms with van der Waals surface area (Å²) in [5, 5.41) is 7.13. The Bertz CT molecular complexity index is 1410. The van der Waals surface area contributed by atoms with E-state index in [2.05, 4.69) is 104 Å². The molecular formula is C32H33N7S. The van der Waals surface area contributed by atoms with Crippen molar-refractivity contribution in [3.63, 3.8) is 0 Å². The van der Waals surface area contributed by atoms with Gasteiger partial charge in [0.05, 0.1) is 0 Å². The average molecular weight is 548 g/mol. The van der Waals surface area contributed by atoms with E-state index in [1.165, 1.54) is 46.3 Å². The number of hydrogen-bond acceptors (Lipinski definition) is 6. The van der Waals surface area contributed by atoms with Crippen molar-refractivity contribution in [3.8, 4) is 0 Å². The van der Waals surface area contributed by atoms with Crippen molar-refractivity contribution in [2.45, 2.75) is 45.6 Å². The van der Waals surface area contributed by atoms with Crippen molar-refractivity contribution < 1.29 is 0 Å². The molecule has 4 aromatic rings. The number of nitrogens with one attached hydrogen (secondary N) is 2. The highest BCUT2D eigenvalue weighted by atomic mass is 32.1. The van der Waals surface area contributed by atoms with Gasteiger partial charge < -0.3 is 25.3 Å². The molecule has 3 aromatic carbocycles. The Kier molecular flexibility index (Phi) is 6.69. The van der Waals surface area contributed by atoms with Gasteiger partial charge in [-0.1, -0.05) is 60.7 Å². The summed E-state index contributed by atoms with van der Waals surface area (Å²) >= 11 is 5.68. The molecule has 3 aliphatic heterocycles. The minimum Gasteiger partial charge on any atom is -0.372 e. The van der Waals surface area contributed by atoms with E-state index in [4.69, 9.17) is 22.2 Å². The molecule has 7 nitrogen and oxygen atoms in total. The summed E-state index contributed by atoms with van der Waals surface area (Å²) in [5.41, 5.74) is 7.87. The molecule has 3 aliphatic rings. The second-order valence-electron chi connectivity index (χ2n) is 10.8. The molecule has 7 rings (SSSR count).